The molecule has 0 fully saturated rings. The molecule has 0 unspecified atom stereocenters. The zero-order valence-corrected chi connectivity index (χ0v) is 16.3. The maximum Gasteiger partial charge on any atom is 0.255 e. The molecule has 140 valence electrons. The van der Waals surface area contributed by atoms with E-state index in [0.717, 1.165) is 21.2 Å². The fourth-order valence-electron chi connectivity index (χ4n) is 2.98. The van der Waals surface area contributed by atoms with E-state index in [1.165, 1.54) is 0 Å². The third-order valence-corrected chi connectivity index (χ3v) is 5.12. The van der Waals surface area contributed by atoms with Crippen LogP contribution in [-0.2, 0) is 0 Å². The summed E-state index contributed by atoms with van der Waals surface area (Å²) < 4.78 is 5.66. The Labute approximate surface area is 163 Å². The summed E-state index contributed by atoms with van der Waals surface area (Å²) in [5, 5.41) is 15.1. The van der Waals surface area contributed by atoms with Gasteiger partial charge in [-0.3, -0.25) is 4.79 Å². The Kier molecular flexibility index (Phi) is 6.37. The van der Waals surface area contributed by atoms with E-state index in [2.05, 4.69) is 5.32 Å². The Balaban J connectivity index is 1.79. The third-order valence-electron chi connectivity index (χ3n) is 4.37. The molecule has 4 nitrogen and oxygen atoms in total. The first-order valence-electron chi connectivity index (χ1n) is 8.88. The van der Waals surface area contributed by atoms with E-state index in [9.17, 15) is 9.90 Å². The van der Waals surface area contributed by atoms with Gasteiger partial charge in [0.1, 0.15) is 5.75 Å². The van der Waals surface area contributed by atoms with Crippen LogP contribution in [0.5, 0.6) is 5.75 Å². The van der Waals surface area contributed by atoms with Gasteiger partial charge < -0.3 is 15.2 Å². The van der Waals surface area contributed by atoms with Gasteiger partial charge in [-0.25, -0.2) is 0 Å². The zero-order valence-electron chi connectivity index (χ0n) is 15.4. The number of rotatable bonds is 7. The van der Waals surface area contributed by atoms with Crippen molar-refractivity contribution in [3.05, 3.63) is 71.8 Å². The first-order valence-corrected chi connectivity index (χ1v) is 10.1. The molecule has 0 spiro atoms. The molecule has 1 amide bonds. The number of thioether (sulfide) groups is 1. The molecule has 0 aromatic heterocycles. The van der Waals surface area contributed by atoms with Crippen molar-refractivity contribution >= 4 is 28.4 Å². The molecule has 0 aliphatic rings. The molecular formula is C22H23NO3S. The van der Waals surface area contributed by atoms with Crippen LogP contribution in [-0.4, -0.2) is 30.4 Å². The summed E-state index contributed by atoms with van der Waals surface area (Å²) in [5.41, 5.74) is 1.27. The van der Waals surface area contributed by atoms with Crippen LogP contribution in [0.25, 0.3) is 10.8 Å². The van der Waals surface area contributed by atoms with Crippen LogP contribution in [0.4, 0.5) is 0 Å². The summed E-state index contributed by atoms with van der Waals surface area (Å²) in [6.07, 6.45) is 1.24. The number of aliphatic hydroxyl groups excluding tert-OH is 1. The maximum absolute atomic E-state index is 12.9. The second-order valence-electron chi connectivity index (χ2n) is 6.09. The van der Waals surface area contributed by atoms with Gasteiger partial charge >= 0.3 is 0 Å². The molecular weight excluding hydrogens is 358 g/mol. The fraction of sp³-hybridized carbons (Fsp3) is 0.227. The number of carbonyl (C=O) groups excluding carboxylic acids is 1. The van der Waals surface area contributed by atoms with Crippen LogP contribution in [0.2, 0.25) is 0 Å². The normalized spacial score (nSPS) is 12.0. The number of carbonyl (C=O) groups is 1. The predicted molar refractivity (Wildman–Crippen MR) is 111 cm³/mol. The monoisotopic (exact) mass is 381 g/mol. The summed E-state index contributed by atoms with van der Waals surface area (Å²) in [6, 6.07) is 19.2. The fourth-order valence-corrected chi connectivity index (χ4v) is 3.39. The average molecular weight is 381 g/mol. The van der Waals surface area contributed by atoms with Crippen molar-refractivity contribution in [1.82, 2.24) is 5.32 Å². The maximum atomic E-state index is 12.9. The van der Waals surface area contributed by atoms with Gasteiger partial charge in [-0.15, -0.1) is 11.8 Å². The van der Waals surface area contributed by atoms with E-state index in [1.807, 2.05) is 73.8 Å². The van der Waals surface area contributed by atoms with Crippen molar-refractivity contribution in [1.29, 1.82) is 0 Å². The first kappa shape index (κ1) is 19.3. The highest BCUT2D eigenvalue weighted by molar-refractivity contribution is 7.98. The lowest BCUT2D eigenvalue weighted by Gasteiger charge is -2.16. The minimum absolute atomic E-state index is 0.131. The summed E-state index contributed by atoms with van der Waals surface area (Å²) in [6.45, 7) is 2.49. The summed E-state index contributed by atoms with van der Waals surface area (Å²) >= 11 is 1.65. The van der Waals surface area contributed by atoms with Crippen LogP contribution in [0.15, 0.2) is 65.6 Å². The van der Waals surface area contributed by atoms with Gasteiger partial charge in [0.05, 0.1) is 18.3 Å². The third kappa shape index (κ3) is 4.43. The van der Waals surface area contributed by atoms with Crippen LogP contribution >= 0.6 is 11.8 Å². The van der Waals surface area contributed by atoms with E-state index in [1.54, 1.807) is 11.8 Å². The summed E-state index contributed by atoms with van der Waals surface area (Å²) in [7, 11) is 0. The highest BCUT2D eigenvalue weighted by Gasteiger charge is 2.18. The summed E-state index contributed by atoms with van der Waals surface area (Å²) in [4.78, 5) is 14.0. The first-order chi connectivity index (χ1) is 13.1. The lowest BCUT2D eigenvalue weighted by Crippen LogP contribution is -2.29. The molecule has 5 heteroatoms. The van der Waals surface area contributed by atoms with Crippen molar-refractivity contribution in [3.8, 4) is 5.75 Å². The van der Waals surface area contributed by atoms with Crippen LogP contribution in [0.3, 0.4) is 0 Å². The van der Waals surface area contributed by atoms with Gasteiger partial charge in [-0.1, -0.05) is 42.5 Å². The van der Waals surface area contributed by atoms with Crippen molar-refractivity contribution in [3.63, 3.8) is 0 Å². The number of aliphatic hydroxyl groups is 1. The minimum atomic E-state index is -0.768. The van der Waals surface area contributed by atoms with Crippen molar-refractivity contribution < 1.29 is 14.6 Å². The molecule has 3 aromatic carbocycles. The van der Waals surface area contributed by atoms with Crippen molar-refractivity contribution in [2.45, 2.75) is 17.9 Å². The Morgan fingerprint density at radius 1 is 1.11 bits per heavy atom. The molecule has 1 atom stereocenters. The lowest BCUT2D eigenvalue weighted by molar-refractivity contribution is 0.0914. The van der Waals surface area contributed by atoms with Crippen LogP contribution in [0.1, 0.15) is 28.9 Å². The standard InChI is InChI=1S/C22H23NO3S/c1-3-26-20-13-10-15-6-4-5-7-18(15)21(20)22(25)23-14-19(24)16-8-11-17(27-2)12-9-16/h4-13,19,24H,3,14H2,1-2H3,(H,23,25)/t19-/m1/s1. The van der Waals surface area contributed by atoms with Gasteiger partial charge in [0.15, 0.2) is 0 Å². The average Bonchev–Trinajstić information content (AvgIpc) is 2.72. The predicted octanol–water partition coefficient (Wildman–Crippen LogP) is 4.42. The molecule has 0 heterocycles. The van der Waals surface area contributed by atoms with E-state index in [0.29, 0.717) is 17.9 Å². The smallest absolute Gasteiger partial charge is 0.255 e. The summed E-state index contributed by atoms with van der Waals surface area (Å²) in [5.74, 6) is 0.294. The van der Waals surface area contributed by atoms with Gasteiger partial charge in [0, 0.05) is 11.4 Å². The van der Waals surface area contributed by atoms with Gasteiger partial charge in [0.25, 0.3) is 5.91 Å². The Morgan fingerprint density at radius 2 is 1.85 bits per heavy atom. The molecule has 2 N–H and O–H groups in total. The van der Waals surface area contributed by atoms with E-state index < -0.39 is 6.10 Å². The Morgan fingerprint density at radius 3 is 2.56 bits per heavy atom. The number of hydrogen-bond donors (Lipinski definition) is 2. The number of ether oxygens (including phenoxy) is 1. The largest absolute Gasteiger partial charge is 0.493 e. The number of fused-ring (bicyclic) bond motifs is 1. The second-order valence-corrected chi connectivity index (χ2v) is 6.97. The molecule has 3 rings (SSSR count). The molecule has 0 saturated carbocycles. The van der Waals surface area contributed by atoms with Crippen LogP contribution < -0.4 is 10.1 Å². The van der Waals surface area contributed by atoms with Gasteiger partial charge in [0.2, 0.25) is 0 Å². The topological polar surface area (TPSA) is 58.6 Å². The van der Waals surface area contributed by atoms with Gasteiger partial charge in [-0.05, 0) is 47.7 Å². The van der Waals surface area contributed by atoms with E-state index in [-0.39, 0.29) is 12.5 Å². The van der Waals surface area contributed by atoms with E-state index in [4.69, 9.17) is 4.74 Å². The van der Waals surface area contributed by atoms with E-state index >= 15 is 0 Å². The number of hydrogen-bond acceptors (Lipinski definition) is 4. The number of nitrogens with one attached hydrogen (secondary N) is 1. The molecule has 0 bridgehead atoms. The van der Waals surface area contributed by atoms with Crippen molar-refractivity contribution in [2.24, 2.45) is 0 Å². The Hall–Kier alpha value is -2.50. The van der Waals surface area contributed by atoms with Crippen LogP contribution in [0, 0.1) is 0 Å². The molecule has 0 aliphatic heterocycles. The molecule has 0 saturated heterocycles. The Bertz CT molecular complexity index is 924. The second kappa shape index (κ2) is 8.93. The van der Waals surface area contributed by atoms with Gasteiger partial charge in [-0.2, -0.15) is 0 Å². The van der Waals surface area contributed by atoms with Crippen molar-refractivity contribution in [2.75, 3.05) is 19.4 Å². The molecule has 27 heavy (non-hydrogen) atoms. The molecule has 0 radical (unpaired) electrons. The molecule has 0 aliphatic carbocycles. The quantitative estimate of drug-likeness (QED) is 0.595. The number of amides is 1. The number of benzene rings is 3. The highest BCUT2D eigenvalue weighted by Crippen LogP contribution is 2.28. The SMILES string of the molecule is CCOc1ccc2ccccc2c1C(=O)NC[C@@H](O)c1ccc(SC)cc1. The molecule has 3 aromatic rings. The minimum Gasteiger partial charge on any atom is -0.493 e. The highest BCUT2D eigenvalue weighted by atomic mass is 32.2. The lowest BCUT2D eigenvalue weighted by atomic mass is 10.0. The zero-order chi connectivity index (χ0) is 19.2.